The first kappa shape index (κ1) is 12.8. The van der Waals surface area contributed by atoms with E-state index in [2.05, 4.69) is 0 Å². The molecule has 1 nitrogen and oxygen atoms in total. The fraction of sp³-hybridized carbons (Fsp3) is 0.188. The average Bonchev–Trinajstić information content (AvgIpc) is 2.38. The van der Waals surface area contributed by atoms with Crippen LogP contribution in [0.2, 0.25) is 5.02 Å². The van der Waals surface area contributed by atoms with Gasteiger partial charge in [-0.1, -0.05) is 60.1 Å². The molecule has 0 heterocycles. The quantitative estimate of drug-likeness (QED) is 0.801. The van der Waals surface area contributed by atoms with Crippen molar-refractivity contribution in [3.05, 3.63) is 70.7 Å². The molecule has 92 valence electrons. The number of hydrogen-bond donors (Lipinski definition) is 0. The lowest BCUT2D eigenvalue weighted by Gasteiger charge is -2.15. The van der Waals surface area contributed by atoms with Crippen molar-refractivity contribution in [2.24, 2.45) is 0 Å². The number of halogens is 1. The smallest absolute Gasteiger partial charge is 0.137 e. The second-order valence-electron chi connectivity index (χ2n) is 4.37. The molecule has 1 atom stereocenters. The van der Waals surface area contributed by atoms with E-state index >= 15 is 0 Å². The van der Waals surface area contributed by atoms with E-state index in [9.17, 15) is 4.79 Å². The molecule has 2 rings (SSSR count). The zero-order chi connectivity index (χ0) is 13.0. The van der Waals surface area contributed by atoms with Crippen molar-refractivity contribution in [3.8, 4) is 0 Å². The fourth-order valence-corrected chi connectivity index (χ4v) is 2.28. The highest BCUT2D eigenvalue weighted by Crippen LogP contribution is 2.25. The van der Waals surface area contributed by atoms with Crippen molar-refractivity contribution >= 4 is 17.4 Å². The van der Waals surface area contributed by atoms with E-state index in [0.29, 0.717) is 6.42 Å². The number of ketones is 1. The first-order chi connectivity index (χ1) is 8.68. The first-order valence-corrected chi connectivity index (χ1v) is 6.35. The van der Waals surface area contributed by atoms with Crippen LogP contribution in [0.4, 0.5) is 0 Å². The molecule has 0 unspecified atom stereocenters. The van der Waals surface area contributed by atoms with Crippen molar-refractivity contribution < 1.29 is 4.79 Å². The van der Waals surface area contributed by atoms with E-state index in [1.807, 2.05) is 54.6 Å². The number of carbonyl (C=O) groups excluding carboxylic acids is 1. The first-order valence-electron chi connectivity index (χ1n) is 5.97. The van der Waals surface area contributed by atoms with Gasteiger partial charge in [-0.3, -0.25) is 4.79 Å². The summed E-state index contributed by atoms with van der Waals surface area (Å²) in [4.78, 5) is 11.8. The molecule has 0 N–H and O–H groups in total. The topological polar surface area (TPSA) is 17.1 Å². The second kappa shape index (κ2) is 5.83. The minimum absolute atomic E-state index is 0.119. The van der Waals surface area contributed by atoms with Crippen LogP contribution < -0.4 is 0 Å². The maximum absolute atomic E-state index is 11.8. The maximum Gasteiger partial charge on any atom is 0.137 e. The molecule has 2 aromatic carbocycles. The molecular weight excluding hydrogens is 244 g/mol. The molecule has 0 spiro atoms. The summed E-state index contributed by atoms with van der Waals surface area (Å²) in [5.74, 6) is 0.0484. The molecule has 18 heavy (non-hydrogen) atoms. The molecule has 0 bridgehead atoms. The summed E-state index contributed by atoms with van der Waals surface area (Å²) in [6.07, 6.45) is 0.652. The van der Waals surface area contributed by atoms with Gasteiger partial charge in [-0.2, -0.15) is 0 Å². The summed E-state index contributed by atoms with van der Waals surface area (Å²) in [6.45, 7) is 1.63. The largest absolute Gasteiger partial charge is 0.299 e. The van der Waals surface area contributed by atoms with Gasteiger partial charge < -0.3 is 0 Å². The Labute approximate surface area is 112 Å². The van der Waals surface area contributed by atoms with Crippen LogP contribution in [-0.2, 0) is 11.2 Å². The van der Waals surface area contributed by atoms with Crippen LogP contribution in [0.25, 0.3) is 0 Å². The number of Topliss-reactive ketones (excluding diaryl/α,β-unsaturated/α-hetero) is 1. The molecule has 0 amide bonds. The Kier molecular flexibility index (Phi) is 4.16. The van der Waals surface area contributed by atoms with E-state index in [0.717, 1.165) is 16.1 Å². The standard InChI is InChI=1S/C16H15ClO/c1-12(18)15(13-7-3-2-4-8-13)11-14-9-5-6-10-16(14)17/h2-10,15H,11H2,1H3/t15-/m1/s1. The average molecular weight is 259 g/mol. The predicted octanol–water partition coefficient (Wildman–Crippen LogP) is 4.26. The van der Waals surface area contributed by atoms with Gasteiger partial charge in [-0.05, 0) is 30.5 Å². The Hall–Kier alpha value is -1.60. The van der Waals surface area contributed by atoms with Gasteiger partial charge in [0.1, 0.15) is 5.78 Å². The summed E-state index contributed by atoms with van der Waals surface area (Å²) < 4.78 is 0. The predicted molar refractivity (Wildman–Crippen MR) is 75.0 cm³/mol. The molecule has 0 fully saturated rings. The third-order valence-corrected chi connectivity index (χ3v) is 3.44. The summed E-state index contributed by atoms with van der Waals surface area (Å²) in [7, 11) is 0. The Morgan fingerprint density at radius 1 is 1.06 bits per heavy atom. The van der Waals surface area contributed by atoms with Crippen molar-refractivity contribution in [1.82, 2.24) is 0 Å². The fourth-order valence-electron chi connectivity index (χ4n) is 2.07. The van der Waals surface area contributed by atoms with Gasteiger partial charge in [0.05, 0.1) is 0 Å². The lowest BCUT2D eigenvalue weighted by molar-refractivity contribution is -0.118. The maximum atomic E-state index is 11.8. The molecule has 0 saturated carbocycles. The zero-order valence-corrected chi connectivity index (χ0v) is 11.0. The van der Waals surface area contributed by atoms with Crippen molar-refractivity contribution in [1.29, 1.82) is 0 Å². The SMILES string of the molecule is CC(=O)[C@@H](Cc1ccccc1Cl)c1ccccc1. The van der Waals surface area contributed by atoms with Crippen LogP contribution in [0, 0.1) is 0 Å². The summed E-state index contributed by atoms with van der Waals surface area (Å²) in [6, 6.07) is 17.5. The third-order valence-electron chi connectivity index (χ3n) is 3.07. The van der Waals surface area contributed by atoms with Crippen LogP contribution in [0.15, 0.2) is 54.6 Å². The number of carbonyl (C=O) groups is 1. The third kappa shape index (κ3) is 2.99. The van der Waals surface area contributed by atoms with Crippen LogP contribution in [0.1, 0.15) is 24.0 Å². The molecule has 0 radical (unpaired) electrons. The minimum atomic E-state index is -0.119. The van der Waals surface area contributed by atoms with Crippen molar-refractivity contribution in [2.75, 3.05) is 0 Å². The van der Waals surface area contributed by atoms with Gasteiger partial charge in [-0.15, -0.1) is 0 Å². The zero-order valence-electron chi connectivity index (χ0n) is 10.3. The highest BCUT2D eigenvalue weighted by atomic mass is 35.5. The van der Waals surface area contributed by atoms with Crippen LogP contribution in [0.5, 0.6) is 0 Å². The Morgan fingerprint density at radius 3 is 2.28 bits per heavy atom. The van der Waals surface area contributed by atoms with Gasteiger partial charge in [0.2, 0.25) is 0 Å². The molecular formula is C16H15ClO. The minimum Gasteiger partial charge on any atom is -0.299 e. The van der Waals surface area contributed by atoms with Crippen molar-refractivity contribution in [2.45, 2.75) is 19.3 Å². The number of hydrogen-bond acceptors (Lipinski definition) is 1. The summed E-state index contributed by atoms with van der Waals surface area (Å²) in [5.41, 5.74) is 2.06. The van der Waals surface area contributed by atoms with E-state index in [4.69, 9.17) is 11.6 Å². The van der Waals surface area contributed by atoms with Crippen LogP contribution in [0.3, 0.4) is 0 Å². The van der Waals surface area contributed by atoms with Gasteiger partial charge in [0, 0.05) is 10.9 Å². The summed E-state index contributed by atoms with van der Waals surface area (Å²) in [5, 5.41) is 0.722. The normalized spacial score (nSPS) is 12.1. The number of benzene rings is 2. The highest BCUT2D eigenvalue weighted by molar-refractivity contribution is 6.31. The van der Waals surface area contributed by atoms with E-state index < -0.39 is 0 Å². The highest BCUT2D eigenvalue weighted by Gasteiger charge is 2.18. The second-order valence-corrected chi connectivity index (χ2v) is 4.78. The lowest BCUT2D eigenvalue weighted by Crippen LogP contribution is -2.12. The van der Waals surface area contributed by atoms with Crippen molar-refractivity contribution in [3.63, 3.8) is 0 Å². The van der Waals surface area contributed by atoms with E-state index in [1.165, 1.54) is 0 Å². The van der Waals surface area contributed by atoms with E-state index in [-0.39, 0.29) is 11.7 Å². The van der Waals surface area contributed by atoms with Gasteiger partial charge in [0.25, 0.3) is 0 Å². The molecule has 2 heteroatoms. The van der Waals surface area contributed by atoms with Gasteiger partial charge >= 0.3 is 0 Å². The molecule has 2 aromatic rings. The van der Waals surface area contributed by atoms with E-state index in [1.54, 1.807) is 6.92 Å². The Balaban J connectivity index is 2.28. The summed E-state index contributed by atoms with van der Waals surface area (Å²) >= 11 is 6.15. The van der Waals surface area contributed by atoms with Crippen LogP contribution in [-0.4, -0.2) is 5.78 Å². The van der Waals surface area contributed by atoms with Gasteiger partial charge in [0.15, 0.2) is 0 Å². The van der Waals surface area contributed by atoms with Crippen LogP contribution >= 0.6 is 11.6 Å². The van der Waals surface area contributed by atoms with Gasteiger partial charge in [-0.25, -0.2) is 0 Å². The molecule has 0 aliphatic rings. The number of rotatable bonds is 4. The Bertz CT molecular complexity index is 534. The molecule has 0 aliphatic carbocycles. The lowest BCUT2D eigenvalue weighted by atomic mass is 9.89. The Morgan fingerprint density at radius 2 is 1.67 bits per heavy atom. The molecule has 0 aromatic heterocycles. The molecule has 0 aliphatic heterocycles. The molecule has 0 saturated heterocycles. The monoisotopic (exact) mass is 258 g/mol.